The van der Waals surface area contributed by atoms with Crippen LogP contribution in [-0.4, -0.2) is 29.9 Å². The molecule has 2 aromatic rings. The van der Waals surface area contributed by atoms with E-state index in [1.54, 1.807) is 18.5 Å². The summed E-state index contributed by atoms with van der Waals surface area (Å²) in [6, 6.07) is 10.3. The first kappa shape index (κ1) is 16.1. The molecular formula is C15H16N2O4S2. The normalized spacial score (nSPS) is 17.7. The van der Waals surface area contributed by atoms with Gasteiger partial charge in [0.2, 0.25) is 10.0 Å². The van der Waals surface area contributed by atoms with Gasteiger partial charge in [0, 0.05) is 9.75 Å². The monoisotopic (exact) mass is 352 g/mol. The van der Waals surface area contributed by atoms with Gasteiger partial charge in [-0.1, -0.05) is 37.3 Å². The number of rotatable bonds is 4. The number of carbonyl (C=O) groups is 1. The summed E-state index contributed by atoms with van der Waals surface area (Å²) >= 11 is 1.41. The molecule has 2 N–H and O–H groups in total. The van der Waals surface area contributed by atoms with E-state index in [0.29, 0.717) is 4.88 Å². The Morgan fingerprint density at radius 2 is 2.09 bits per heavy atom. The van der Waals surface area contributed by atoms with Crippen molar-refractivity contribution in [3.05, 3.63) is 41.3 Å². The summed E-state index contributed by atoms with van der Waals surface area (Å²) in [4.78, 5) is 13.6. The third-order valence-corrected chi connectivity index (χ3v) is 7.08. The Morgan fingerprint density at radius 1 is 1.39 bits per heavy atom. The van der Waals surface area contributed by atoms with E-state index in [4.69, 9.17) is 5.21 Å². The summed E-state index contributed by atoms with van der Waals surface area (Å²) in [5.74, 6) is -0.713. The largest absolute Gasteiger partial charge is 0.289 e. The average Bonchev–Trinajstić information content (AvgIpc) is 3.08. The van der Waals surface area contributed by atoms with E-state index in [2.05, 4.69) is 0 Å². The Kier molecular flexibility index (Phi) is 4.24. The van der Waals surface area contributed by atoms with Gasteiger partial charge in [0.25, 0.3) is 5.91 Å². The van der Waals surface area contributed by atoms with E-state index < -0.39 is 22.0 Å². The van der Waals surface area contributed by atoms with Crippen LogP contribution in [0.3, 0.4) is 0 Å². The molecule has 1 aliphatic rings. The third-order valence-electron chi connectivity index (χ3n) is 3.86. The zero-order valence-electron chi connectivity index (χ0n) is 12.4. The molecule has 8 heteroatoms. The van der Waals surface area contributed by atoms with Gasteiger partial charge in [0.05, 0.1) is 11.4 Å². The molecule has 0 aliphatic carbocycles. The SMILES string of the molecule is CCC(C(=O)NO)N1Cc2sc(-c3ccccc3)cc2S1(=O)=O. The van der Waals surface area contributed by atoms with Gasteiger partial charge in [-0.05, 0) is 18.1 Å². The Hall–Kier alpha value is -1.74. The van der Waals surface area contributed by atoms with Gasteiger partial charge in [-0.15, -0.1) is 11.3 Å². The summed E-state index contributed by atoms with van der Waals surface area (Å²) in [6.07, 6.45) is 0.284. The van der Waals surface area contributed by atoms with Crippen molar-refractivity contribution in [3.63, 3.8) is 0 Å². The second kappa shape index (κ2) is 6.04. The van der Waals surface area contributed by atoms with Crippen molar-refractivity contribution in [2.75, 3.05) is 0 Å². The minimum absolute atomic E-state index is 0.154. The van der Waals surface area contributed by atoms with Gasteiger partial charge in [-0.25, -0.2) is 13.9 Å². The first-order chi connectivity index (χ1) is 11.0. The van der Waals surface area contributed by atoms with Crippen LogP contribution in [0.5, 0.6) is 0 Å². The maximum atomic E-state index is 12.7. The van der Waals surface area contributed by atoms with Gasteiger partial charge < -0.3 is 0 Å². The van der Waals surface area contributed by atoms with Crippen LogP contribution in [0.2, 0.25) is 0 Å². The lowest BCUT2D eigenvalue weighted by molar-refractivity contribution is -0.133. The first-order valence-electron chi connectivity index (χ1n) is 7.13. The number of amides is 1. The molecule has 0 spiro atoms. The minimum Gasteiger partial charge on any atom is -0.289 e. The van der Waals surface area contributed by atoms with Crippen LogP contribution in [0.4, 0.5) is 0 Å². The van der Waals surface area contributed by atoms with E-state index in [1.807, 2.05) is 30.3 Å². The Labute approximate surface area is 138 Å². The van der Waals surface area contributed by atoms with Crippen molar-refractivity contribution in [2.24, 2.45) is 0 Å². The lowest BCUT2D eigenvalue weighted by Gasteiger charge is -2.23. The van der Waals surface area contributed by atoms with Crippen molar-refractivity contribution in [1.29, 1.82) is 0 Å². The molecule has 1 amide bonds. The summed E-state index contributed by atoms with van der Waals surface area (Å²) in [5.41, 5.74) is 2.51. The standard InChI is InChI=1S/C15H16N2O4S2/c1-2-11(15(18)16-19)17-9-13-14(23(17,20)21)8-12(22-13)10-6-4-3-5-7-10/h3-8,11,19H,2,9H2,1H3,(H,16,18). The second-order valence-corrected chi connectivity index (χ2v) is 8.21. The van der Waals surface area contributed by atoms with Crippen LogP contribution >= 0.6 is 11.3 Å². The van der Waals surface area contributed by atoms with Gasteiger partial charge in [0.1, 0.15) is 6.04 Å². The molecule has 1 atom stereocenters. The molecule has 3 rings (SSSR count). The van der Waals surface area contributed by atoms with Crippen LogP contribution in [0.1, 0.15) is 18.2 Å². The topological polar surface area (TPSA) is 86.7 Å². The van der Waals surface area contributed by atoms with E-state index in [9.17, 15) is 13.2 Å². The van der Waals surface area contributed by atoms with Crippen molar-refractivity contribution < 1.29 is 18.4 Å². The average molecular weight is 352 g/mol. The summed E-state index contributed by atoms with van der Waals surface area (Å²) in [7, 11) is -3.73. The number of nitrogens with zero attached hydrogens (tertiary/aromatic N) is 1. The van der Waals surface area contributed by atoms with Crippen LogP contribution in [-0.2, 0) is 21.4 Å². The number of nitrogens with one attached hydrogen (secondary N) is 1. The van der Waals surface area contributed by atoms with Gasteiger partial charge in [-0.2, -0.15) is 4.31 Å². The molecule has 0 saturated carbocycles. The molecular weight excluding hydrogens is 336 g/mol. The third kappa shape index (κ3) is 2.67. The second-order valence-electron chi connectivity index (χ2n) is 5.21. The van der Waals surface area contributed by atoms with Crippen molar-refractivity contribution in [1.82, 2.24) is 9.79 Å². The molecule has 0 fully saturated rings. The highest BCUT2D eigenvalue weighted by atomic mass is 32.2. The summed E-state index contributed by atoms with van der Waals surface area (Å²) in [6.45, 7) is 1.86. The van der Waals surface area contributed by atoms with Crippen LogP contribution in [0.15, 0.2) is 41.3 Å². The van der Waals surface area contributed by atoms with E-state index in [-0.39, 0.29) is 17.9 Å². The van der Waals surface area contributed by atoms with Crippen molar-refractivity contribution >= 4 is 27.3 Å². The summed E-state index contributed by atoms with van der Waals surface area (Å²) in [5, 5.41) is 8.81. The highest BCUT2D eigenvalue weighted by molar-refractivity contribution is 7.89. The molecule has 23 heavy (non-hydrogen) atoms. The molecule has 0 bridgehead atoms. The number of sulfonamides is 1. The number of thiophene rings is 1. The molecule has 0 radical (unpaired) electrons. The zero-order chi connectivity index (χ0) is 16.6. The quantitative estimate of drug-likeness (QED) is 0.652. The fourth-order valence-electron chi connectivity index (χ4n) is 2.71. The van der Waals surface area contributed by atoms with Crippen molar-refractivity contribution in [3.8, 4) is 10.4 Å². The van der Waals surface area contributed by atoms with Crippen molar-refractivity contribution in [2.45, 2.75) is 30.8 Å². The Balaban J connectivity index is 1.97. The molecule has 1 unspecified atom stereocenters. The smallest absolute Gasteiger partial charge is 0.261 e. The van der Waals surface area contributed by atoms with Crippen LogP contribution in [0, 0.1) is 0 Å². The number of hydrogen-bond acceptors (Lipinski definition) is 5. The fraction of sp³-hybridized carbons (Fsp3) is 0.267. The molecule has 122 valence electrons. The minimum atomic E-state index is -3.73. The zero-order valence-corrected chi connectivity index (χ0v) is 14.0. The van der Waals surface area contributed by atoms with E-state index in [0.717, 1.165) is 14.7 Å². The Bertz CT molecular complexity index is 830. The highest BCUT2D eigenvalue weighted by Gasteiger charge is 2.42. The lowest BCUT2D eigenvalue weighted by Crippen LogP contribution is -2.45. The molecule has 1 aliphatic heterocycles. The number of carbonyl (C=O) groups excluding carboxylic acids is 1. The number of hydrogen-bond donors (Lipinski definition) is 2. The van der Waals surface area contributed by atoms with E-state index >= 15 is 0 Å². The molecule has 6 nitrogen and oxygen atoms in total. The number of hydroxylamine groups is 1. The lowest BCUT2D eigenvalue weighted by atomic mass is 10.2. The molecule has 1 aromatic heterocycles. The Morgan fingerprint density at radius 3 is 2.65 bits per heavy atom. The van der Waals surface area contributed by atoms with E-state index in [1.165, 1.54) is 11.3 Å². The first-order valence-corrected chi connectivity index (χ1v) is 9.38. The molecule has 1 aromatic carbocycles. The van der Waals surface area contributed by atoms with Gasteiger partial charge in [0.15, 0.2) is 0 Å². The highest BCUT2D eigenvalue weighted by Crippen LogP contribution is 2.41. The van der Waals surface area contributed by atoms with Crippen LogP contribution in [0.25, 0.3) is 10.4 Å². The maximum absolute atomic E-state index is 12.7. The summed E-state index contributed by atoms with van der Waals surface area (Å²) < 4.78 is 26.6. The molecule has 2 heterocycles. The number of fused-ring (bicyclic) bond motifs is 1. The van der Waals surface area contributed by atoms with Crippen LogP contribution < -0.4 is 5.48 Å². The fourth-order valence-corrected chi connectivity index (χ4v) is 6.12. The number of benzene rings is 1. The maximum Gasteiger partial charge on any atom is 0.261 e. The predicted octanol–water partition coefficient (Wildman–Crippen LogP) is 2.20. The molecule has 0 saturated heterocycles. The predicted molar refractivity (Wildman–Crippen MR) is 86.5 cm³/mol. The van der Waals surface area contributed by atoms with Gasteiger partial charge >= 0.3 is 0 Å². The van der Waals surface area contributed by atoms with Gasteiger partial charge in [-0.3, -0.25) is 10.0 Å².